The molecule has 0 aliphatic rings. The Hall–Kier alpha value is -2.96. The molecule has 4 aromatic rings. The van der Waals surface area contributed by atoms with Gasteiger partial charge in [0.05, 0.1) is 23.6 Å². The molecule has 3 aromatic heterocycles. The molecule has 110 valence electrons. The molecule has 0 spiro atoms. The van der Waals surface area contributed by atoms with Crippen LogP contribution in [0.2, 0.25) is 0 Å². The summed E-state index contributed by atoms with van der Waals surface area (Å²) in [6.07, 6.45) is 6.14. The smallest absolute Gasteiger partial charge is 0.228 e. The van der Waals surface area contributed by atoms with Gasteiger partial charge in [-0.2, -0.15) is 10.1 Å². The Labute approximate surface area is 126 Å². The standard InChI is InChI=1S/C15H14N6O/c1-10-7-18-21(8-10)5-4-14-19-15(20-22-14)11-2-3-12-13(6-11)17-9-16-12/h2-3,6-9H,4-5H2,1H3,(H,16,17). The van der Waals surface area contributed by atoms with E-state index in [9.17, 15) is 0 Å². The number of aromatic nitrogens is 6. The van der Waals surface area contributed by atoms with Crippen molar-refractivity contribution in [2.45, 2.75) is 19.9 Å². The molecule has 1 aromatic carbocycles. The van der Waals surface area contributed by atoms with Gasteiger partial charge in [0, 0.05) is 24.7 Å². The third-order valence-electron chi connectivity index (χ3n) is 3.46. The first-order valence-electron chi connectivity index (χ1n) is 7.03. The lowest BCUT2D eigenvalue weighted by molar-refractivity contribution is 0.369. The average Bonchev–Trinajstić information content (AvgIpc) is 3.24. The second kappa shape index (κ2) is 5.10. The lowest BCUT2D eigenvalue weighted by Gasteiger charge is -1.96. The quantitative estimate of drug-likeness (QED) is 0.624. The number of imidazole rings is 1. The summed E-state index contributed by atoms with van der Waals surface area (Å²) in [4.78, 5) is 11.7. The zero-order valence-corrected chi connectivity index (χ0v) is 12.0. The summed E-state index contributed by atoms with van der Waals surface area (Å²) in [5, 5.41) is 8.28. The molecule has 0 saturated carbocycles. The molecule has 0 aliphatic carbocycles. The molecule has 0 atom stereocenters. The normalized spacial score (nSPS) is 11.3. The van der Waals surface area contributed by atoms with Crippen LogP contribution in [0.4, 0.5) is 0 Å². The lowest BCUT2D eigenvalue weighted by Crippen LogP contribution is -2.01. The lowest BCUT2D eigenvalue weighted by atomic mass is 10.2. The fourth-order valence-corrected chi connectivity index (χ4v) is 2.35. The number of aromatic amines is 1. The van der Waals surface area contributed by atoms with Crippen LogP contribution in [-0.2, 0) is 13.0 Å². The number of fused-ring (bicyclic) bond motifs is 1. The van der Waals surface area contributed by atoms with Crippen LogP contribution in [0.1, 0.15) is 11.5 Å². The van der Waals surface area contributed by atoms with E-state index in [0.717, 1.165) is 28.7 Å². The molecule has 22 heavy (non-hydrogen) atoms. The fraction of sp³-hybridized carbons (Fsp3) is 0.200. The highest BCUT2D eigenvalue weighted by atomic mass is 16.5. The summed E-state index contributed by atoms with van der Waals surface area (Å²) in [6, 6.07) is 5.84. The molecule has 3 heterocycles. The first-order valence-corrected chi connectivity index (χ1v) is 7.03. The Bertz CT molecular complexity index is 919. The molecule has 0 saturated heterocycles. The molecule has 7 nitrogen and oxygen atoms in total. The summed E-state index contributed by atoms with van der Waals surface area (Å²) in [5.74, 6) is 1.19. The van der Waals surface area contributed by atoms with Gasteiger partial charge in [-0.15, -0.1) is 0 Å². The van der Waals surface area contributed by atoms with Gasteiger partial charge in [0.2, 0.25) is 11.7 Å². The van der Waals surface area contributed by atoms with Crippen LogP contribution in [-0.4, -0.2) is 29.9 Å². The molecule has 0 amide bonds. The maximum atomic E-state index is 5.31. The van der Waals surface area contributed by atoms with E-state index >= 15 is 0 Å². The van der Waals surface area contributed by atoms with Crippen LogP contribution in [0.5, 0.6) is 0 Å². The number of aryl methyl sites for hydroxylation is 3. The van der Waals surface area contributed by atoms with E-state index in [1.54, 1.807) is 6.33 Å². The number of nitrogens with one attached hydrogen (secondary N) is 1. The van der Waals surface area contributed by atoms with Crippen molar-refractivity contribution in [2.75, 3.05) is 0 Å². The molecule has 0 bridgehead atoms. The van der Waals surface area contributed by atoms with Crippen LogP contribution in [0.15, 0.2) is 41.4 Å². The highest BCUT2D eigenvalue weighted by Gasteiger charge is 2.10. The van der Waals surface area contributed by atoms with Crippen LogP contribution < -0.4 is 0 Å². The Kier molecular flexibility index (Phi) is 2.96. The van der Waals surface area contributed by atoms with E-state index in [4.69, 9.17) is 4.52 Å². The van der Waals surface area contributed by atoms with Crippen molar-refractivity contribution in [3.63, 3.8) is 0 Å². The molecule has 1 N–H and O–H groups in total. The van der Waals surface area contributed by atoms with E-state index in [-0.39, 0.29) is 0 Å². The molecular formula is C15H14N6O. The second-order valence-electron chi connectivity index (χ2n) is 5.18. The van der Waals surface area contributed by atoms with Gasteiger partial charge < -0.3 is 9.51 Å². The molecule has 0 radical (unpaired) electrons. The Morgan fingerprint density at radius 2 is 2.27 bits per heavy atom. The number of hydrogen-bond acceptors (Lipinski definition) is 5. The summed E-state index contributed by atoms with van der Waals surface area (Å²) in [7, 11) is 0. The van der Waals surface area contributed by atoms with Gasteiger partial charge >= 0.3 is 0 Å². The van der Waals surface area contributed by atoms with Crippen LogP contribution in [0, 0.1) is 6.92 Å². The Morgan fingerprint density at radius 1 is 1.32 bits per heavy atom. The van der Waals surface area contributed by atoms with Crippen molar-refractivity contribution in [1.29, 1.82) is 0 Å². The second-order valence-corrected chi connectivity index (χ2v) is 5.18. The minimum absolute atomic E-state index is 0.586. The van der Waals surface area contributed by atoms with Crippen molar-refractivity contribution < 1.29 is 4.52 Å². The van der Waals surface area contributed by atoms with E-state index in [1.807, 2.05) is 42.2 Å². The van der Waals surface area contributed by atoms with Crippen molar-refractivity contribution in [2.24, 2.45) is 0 Å². The number of rotatable bonds is 4. The zero-order chi connectivity index (χ0) is 14.9. The number of nitrogens with zero attached hydrogens (tertiary/aromatic N) is 5. The minimum Gasteiger partial charge on any atom is -0.345 e. The first-order chi connectivity index (χ1) is 10.8. The van der Waals surface area contributed by atoms with Crippen molar-refractivity contribution in [1.82, 2.24) is 29.9 Å². The SMILES string of the molecule is Cc1cnn(CCc2nc(-c3ccc4nc[nH]c4c3)no2)c1. The van der Waals surface area contributed by atoms with Crippen LogP contribution >= 0.6 is 0 Å². The molecule has 0 fully saturated rings. The van der Waals surface area contributed by atoms with Gasteiger partial charge in [0.1, 0.15) is 0 Å². The maximum Gasteiger partial charge on any atom is 0.228 e. The van der Waals surface area contributed by atoms with Crippen LogP contribution in [0.25, 0.3) is 22.4 Å². The van der Waals surface area contributed by atoms with Crippen LogP contribution in [0.3, 0.4) is 0 Å². The third-order valence-corrected chi connectivity index (χ3v) is 3.46. The summed E-state index contributed by atoms with van der Waals surface area (Å²) < 4.78 is 7.18. The molecule has 0 unspecified atom stereocenters. The Morgan fingerprint density at radius 3 is 3.14 bits per heavy atom. The van der Waals surface area contributed by atoms with E-state index in [1.165, 1.54) is 0 Å². The largest absolute Gasteiger partial charge is 0.345 e. The van der Waals surface area contributed by atoms with Gasteiger partial charge in [-0.05, 0) is 30.7 Å². The third kappa shape index (κ3) is 2.37. The number of H-pyrrole nitrogens is 1. The summed E-state index contributed by atoms with van der Waals surface area (Å²) >= 11 is 0. The van der Waals surface area contributed by atoms with Gasteiger partial charge in [-0.25, -0.2) is 4.98 Å². The van der Waals surface area contributed by atoms with E-state index in [2.05, 4.69) is 25.2 Å². The molecule has 7 heteroatoms. The topological polar surface area (TPSA) is 85.4 Å². The summed E-state index contributed by atoms with van der Waals surface area (Å²) in [6.45, 7) is 2.73. The summed E-state index contributed by atoms with van der Waals surface area (Å²) in [5.41, 5.74) is 3.91. The van der Waals surface area contributed by atoms with Crippen molar-refractivity contribution in [3.05, 3.63) is 48.4 Å². The highest BCUT2D eigenvalue weighted by Crippen LogP contribution is 2.20. The van der Waals surface area contributed by atoms with Gasteiger partial charge in [0.15, 0.2) is 0 Å². The van der Waals surface area contributed by atoms with E-state index in [0.29, 0.717) is 18.1 Å². The fourth-order valence-electron chi connectivity index (χ4n) is 2.35. The zero-order valence-electron chi connectivity index (χ0n) is 12.0. The van der Waals surface area contributed by atoms with Gasteiger partial charge in [-0.1, -0.05) is 5.16 Å². The number of hydrogen-bond donors (Lipinski definition) is 1. The predicted octanol–water partition coefficient (Wildman–Crippen LogP) is 2.36. The molecule has 4 rings (SSSR count). The Balaban J connectivity index is 1.52. The van der Waals surface area contributed by atoms with E-state index < -0.39 is 0 Å². The first kappa shape index (κ1) is 12.8. The average molecular weight is 294 g/mol. The predicted molar refractivity (Wildman–Crippen MR) is 80.1 cm³/mol. The highest BCUT2D eigenvalue weighted by molar-refractivity contribution is 5.79. The van der Waals surface area contributed by atoms with Crippen molar-refractivity contribution in [3.8, 4) is 11.4 Å². The van der Waals surface area contributed by atoms with Crippen molar-refractivity contribution >= 4 is 11.0 Å². The van der Waals surface area contributed by atoms with Gasteiger partial charge in [-0.3, -0.25) is 4.68 Å². The molecular weight excluding hydrogens is 280 g/mol. The number of benzene rings is 1. The monoisotopic (exact) mass is 294 g/mol. The molecule has 0 aliphatic heterocycles. The minimum atomic E-state index is 0.586. The van der Waals surface area contributed by atoms with Gasteiger partial charge in [0.25, 0.3) is 0 Å². The maximum absolute atomic E-state index is 5.31.